The van der Waals surface area contributed by atoms with Gasteiger partial charge in [0.1, 0.15) is 4.60 Å². The van der Waals surface area contributed by atoms with E-state index in [1.165, 1.54) is 12.4 Å². The Morgan fingerprint density at radius 3 is 2.87 bits per heavy atom. The van der Waals surface area contributed by atoms with Gasteiger partial charge in [0, 0.05) is 12.4 Å². The maximum Gasteiger partial charge on any atom is 0.257 e. The van der Waals surface area contributed by atoms with Crippen LogP contribution in [-0.2, 0) is 0 Å². The normalized spacial score (nSPS) is 9.93. The third-order valence-electron chi connectivity index (χ3n) is 1.75. The Kier molecular flexibility index (Phi) is 2.77. The van der Waals surface area contributed by atoms with Gasteiger partial charge in [-0.3, -0.25) is 9.89 Å². The van der Waals surface area contributed by atoms with Crippen LogP contribution in [0.2, 0.25) is 0 Å². The number of nitrogens with one attached hydrogen (secondary N) is 2. The molecule has 5 nitrogen and oxygen atoms in total. The highest BCUT2D eigenvalue weighted by Gasteiger charge is 2.06. The molecule has 0 aliphatic heterocycles. The van der Waals surface area contributed by atoms with E-state index >= 15 is 0 Å². The van der Waals surface area contributed by atoms with E-state index in [-0.39, 0.29) is 5.91 Å². The summed E-state index contributed by atoms with van der Waals surface area (Å²) >= 11 is 3.20. The molecule has 0 radical (unpaired) electrons. The summed E-state index contributed by atoms with van der Waals surface area (Å²) in [5.41, 5.74) is 1.13. The molecule has 6 heteroatoms. The first-order chi connectivity index (χ1) is 7.25. The zero-order valence-corrected chi connectivity index (χ0v) is 9.15. The van der Waals surface area contributed by atoms with E-state index in [9.17, 15) is 4.79 Å². The Balaban J connectivity index is 2.11. The van der Waals surface area contributed by atoms with Gasteiger partial charge >= 0.3 is 0 Å². The second-order valence-corrected chi connectivity index (χ2v) is 3.62. The average Bonchev–Trinajstić information content (AvgIpc) is 2.71. The summed E-state index contributed by atoms with van der Waals surface area (Å²) < 4.78 is 0.697. The van der Waals surface area contributed by atoms with Gasteiger partial charge in [0.15, 0.2) is 0 Å². The number of halogens is 1. The van der Waals surface area contributed by atoms with E-state index in [1.807, 2.05) is 0 Å². The van der Waals surface area contributed by atoms with Gasteiger partial charge < -0.3 is 5.32 Å². The summed E-state index contributed by atoms with van der Waals surface area (Å²) in [7, 11) is 0. The second kappa shape index (κ2) is 4.22. The van der Waals surface area contributed by atoms with Crippen LogP contribution in [0.4, 0.5) is 5.69 Å². The molecule has 0 atom stereocenters. The molecule has 0 saturated carbocycles. The quantitative estimate of drug-likeness (QED) is 0.815. The summed E-state index contributed by atoms with van der Waals surface area (Å²) in [6.07, 6.45) is 4.63. The molecule has 0 saturated heterocycles. The molecule has 0 unspecified atom stereocenters. The van der Waals surface area contributed by atoms with Crippen LogP contribution in [0.25, 0.3) is 0 Å². The van der Waals surface area contributed by atoms with E-state index in [4.69, 9.17) is 0 Å². The van der Waals surface area contributed by atoms with Gasteiger partial charge in [-0.1, -0.05) is 0 Å². The molecule has 0 aromatic carbocycles. The minimum absolute atomic E-state index is 0.212. The lowest BCUT2D eigenvalue weighted by atomic mass is 10.2. The van der Waals surface area contributed by atoms with E-state index < -0.39 is 0 Å². The number of hydrogen-bond donors (Lipinski definition) is 2. The molecule has 0 aliphatic carbocycles. The third kappa shape index (κ3) is 2.41. The highest BCUT2D eigenvalue weighted by molar-refractivity contribution is 9.10. The maximum absolute atomic E-state index is 11.6. The number of pyridine rings is 1. The van der Waals surface area contributed by atoms with E-state index in [2.05, 4.69) is 36.4 Å². The molecule has 2 N–H and O–H groups in total. The highest BCUT2D eigenvalue weighted by atomic mass is 79.9. The third-order valence-corrected chi connectivity index (χ3v) is 2.21. The molecule has 76 valence electrons. The lowest BCUT2D eigenvalue weighted by Crippen LogP contribution is -2.11. The first kappa shape index (κ1) is 9.85. The van der Waals surface area contributed by atoms with Crippen molar-refractivity contribution in [2.75, 3.05) is 5.32 Å². The monoisotopic (exact) mass is 266 g/mol. The molecular weight excluding hydrogens is 260 g/mol. The van der Waals surface area contributed by atoms with Crippen molar-refractivity contribution < 1.29 is 4.79 Å². The van der Waals surface area contributed by atoms with Gasteiger partial charge in [-0.25, -0.2) is 4.98 Å². The first-order valence-corrected chi connectivity index (χ1v) is 4.97. The number of aromatic amines is 1. The van der Waals surface area contributed by atoms with Crippen LogP contribution < -0.4 is 5.32 Å². The largest absolute Gasteiger partial charge is 0.319 e. The van der Waals surface area contributed by atoms with E-state index in [0.29, 0.717) is 15.9 Å². The van der Waals surface area contributed by atoms with E-state index in [1.54, 1.807) is 18.3 Å². The molecule has 2 heterocycles. The SMILES string of the molecule is O=C(Nc1cn[nH]c1)c1ccc(Br)nc1. The predicted molar refractivity (Wildman–Crippen MR) is 58.5 cm³/mol. The second-order valence-electron chi connectivity index (χ2n) is 2.81. The topological polar surface area (TPSA) is 70.7 Å². The van der Waals surface area contributed by atoms with Gasteiger partial charge in [0.25, 0.3) is 5.91 Å². The van der Waals surface area contributed by atoms with Crippen molar-refractivity contribution >= 4 is 27.5 Å². The van der Waals surface area contributed by atoms with Gasteiger partial charge in [-0.2, -0.15) is 5.10 Å². The van der Waals surface area contributed by atoms with Crippen LogP contribution in [0.15, 0.2) is 35.3 Å². The first-order valence-electron chi connectivity index (χ1n) is 4.17. The van der Waals surface area contributed by atoms with Crippen molar-refractivity contribution in [3.8, 4) is 0 Å². The van der Waals surface area contributed by atoms with Crippen molar-refractivity contribution in [3.63, 3.8) is 0 Å². The van der Waals surface area contributed by atoms with Crippen molar-refractivity contribution in [3.05, 3.63) is 40.9 Å². The van der Waals surface area contributed by atoms with Crippen molar-refractivity contribution in [1.29, 1.82) is 0 Å². The van der Waals surface area contributed by atoms with Crippen LogP contribution in [-0.4, -0.2) is 21.1 Å². The van der Waals surface area contributed by atoms with Crippen LogP contribution in [0, 0.1) is 0 Å². The number of aromatic nitrogens is 3. The van der Waals surface area contributed by atoms with Gasteiger partial charge in [0.2, 0.25) is 0 Å². The molecular formula is C9H7BrN4O. The van der Waals surface area contributed by atoms with Gasteiger partial charge in [0.05, 0.1) is 17.4 Å². The predicted octanol–water partition coefficient (Wildman–Crippen LogP) is 1.82. The number of nitrogens with zero attached hydrogens (tertiary/aromatic N) is 2. The lowest BCUT2D eigenvalue weighted by Gasteiger charge is -2.01. The highest BCUT2D eigenvalue weighted by Crippen LogP contribution is 2.09. The summed E-state index contributed by atoms with van der Waals surface area (Å²) in [5, 5.41) is 9.00. The average molecular weight is 267 g/mol. The summed E-state index contributed by atoms with van der Waals surface area (Å²) in [6.45, 7) is 0. The standard InChI is InChI=1S/C9H7BrN4O/c10-8-2-1-6(3-11-8)9(15)14-7-4-12-13-5-7/h1-5H,(H,12,13)(H,14,15). The van der Waals surface area contributed by atoms with E-state index in [0.717, 1.165) is 0 Å². The Labute approximate surface area is 94.0 Å². The molecule has 1 amide bonds. The van der Waals surface area contributed by atoms with Crippen LogP contribution >= 0.6 is 15.9 Å². The Morgan fingerprint density at radius 1 is 1.40 bits per heavy atom. The zero-order valence-electron chi connectivity index (χ0n) is 7.57. The summed E-state index contributed by atoms with van der Waals surface area (Å²) in [4.78, 5) is 15.6. The molecule has 0 fully saturated rings. The fourth-order valence-electron chi connectivity index (χ4n) is 1.03. The number of H-pyrrole nitrogens is 1. The van der Waals surface area contributed by atoms with Crippen LogP contribution in [0.3, 0.4) is 0 Å². The smallest absolute Gasteiger partial charge is 0.257 e. The fourth-order valence-corrected chi connectivity index (χ4v) is 1.27. The van der Waals surface area contributed by atoms with Gasteiger partial charge in [-0.15, -0.1) is 0 Å². The minimum atomic E-state index is -0.212. The van der Waals surface area contributed by atoms with Crippen LogP contribution in [0.5, 0.6) is 0 Å². The Morgan fingerprint density at radius 2 is 2.27 bits per heavy atom. The summed E-state index contributed by atoms with van der Waals surface area (Å²) in [6, 6.07) is 3.40. The van der Waals surface area contributed by atoms with Crippen molar-refractivity contribution in [2.45, 2.75) is 0 Å². The Hall–Kier alpha value is -1.69. The lowest BCUT2D eigenvalue weighted by molar-refractivity contribution is 0.102. The fraction of sp³-hybridized carbons (Fsp3) is 0. The maximum atomic E-state index is 11.6. The molecule has 0 spiro atoms. The number of hydrogen-bond acceptors (Lipinski definition) is 3. The molecule has 2 aromatic heterocycles. The Bertz CT molecular complexity index is 451. The van der Waals surface area contributed by atoms with Gasteiger partial charge in [-0.05, 0) is 28.1 Å². The number of rotatable bonds is 2. The number of carbonyl (C=O) groups is 1. The van der Waals surface area contributed by atoms with Crippen molar-refractivity contribution in [1.82, 2.24) is 15.2 Å². The molecule has 2 aromatic rings. The molecule has 0 bridgehead atoms. The number of carbonyl (C=O) groups excluding carboxylic acids is 1. The molecule has 15 heavy (non-hydrogen) atoms. The minimum Gasteiger partial charge on any atom is -0.319 e. The molecule has 2 rings (SSSR count). The molecule has 0 aliphatic rings. The zero-order chi connectivity index (χ0) is 10.7. The summed E-state index contributed by atoms with van der Waals surface area (Å²) in [5.74, 6) is -0.212. The number of anilines is 1. The van der Waals surface area contributed by atoms with Crippen molar-refractivity contribution in [2.24, 2.45) is 0 Å². The number of amides is 1. The van der Waals surface area contributed by atoms with Crippen LogP contribution in [0.1, 0.15) is 10.4 Å².